The normalized spacial score (nSPS) is 11.7. The largest absolute Gasteiger partial charge is 0.465 e. The first-order valence-electron chi connectivity index (χ1n) is 8.62. The Balaban J connectivity index is 1.76. The topological polar surface area (TPSA) is 68.6 Å². The Hall–Kier alpha value is -3.38. The van der Waals surface area contributed by atoms with Crippen LogP contribution >= 0.6 is 11.3 Å². The van der Waals surface area contributed by atoms with E-state index in [4.69, 9.17) is 4.74 Å². The maximum absolute atomic E-state index is 11.6. The van der Waals surface area contributed by atoms with Gasteiger partial charge >= 0.3 is 5.97 Å². The fourth-order valence-electron chi connectivity index (χ4n) is 2.84. The Morgan fingerprint density at radius 1 is 0.964 bits per heavy atom. The zero-order valence-electron chi connectivity index (χ0n) is 15.3. The number of ether oxygens (including phenoxy) is 1. The average molecular weight is 388 g/mol. The molecule has 138 valence electrons. The van der Waals surface area contributed by atoms with Crippen molar-refractivity contribution in [3.05, 3.63) is 77.1 Å². The molecule has 0 saturated heterocycles. The molecule has 2 aromatic rings. The highest BCUT2D eigenvalue weighted by Crippen LogP contribution is 2.30. The highest BCUT2D eigenvalue weighted by Gasteiger charge is 2.09. The van der Waals surface area contributed by atoms with E-state index in [1.54, 1.807) is 48.6 Å². The Labute approximate surface area is 165 Å². The Morgan fingerprint density at radius 2 is 1.71 bits per heavy atom. The lowest BCUT2D eigenvalue weighted by molar-refractivity contribution is 0.0600. The number of aromatic nitrogens is 1. The third kappa shape index (κ3) is 3.54. The predicted octanol–water partition coefficient (Wildman–Crippen LogP) is 4.62. The van der Waals surface area contributed by atoms with E-state index >= 15 is 0 Å². The molecule has 0 amide bonds. The van der Waals surface area contributed by atoms with E-state index in [1.807, 2.05) is 30.3 Å². The number of carbonyl (C=O) groups excluding carboxylic acids is 2. The fraction of sp³-hybridized carbons (Fsp3) is 0.0909. The first kappa shape index (κ1) is 18.0. The molecule has 5 nitrogen and oxygen atoms in total. The molecule has 0 aromatic heterocycles. The van der Waals surface area contributed by atoms with E-state index < -0.39 is 0 Å². The predicted molar refractivity (Wildman–Crippen MR) is 109 cm³/mol. The summed E-state index contributed by atoms with van der Waals surface area (Å²) in [6.45, 7) is 1.56. The van der Waals surface area contributed by atoms with Crippen molar-refractivity contribution in [2.24, 2.45) is 4.99 Å². The van der Waals surface area contributed by atoms with Crippen molar-refractivity contribution in [3.63, 3.8) is 0 Å². The quantitative estimate of drug-likeness (QED) is 0.292. The Bertz CT molecular complexity index is 1240. The molecule has 0 atom stereocenters. The number of hydrogen-bond acceptors (Lipinski definition) is 6. The van der Waals surface area contributed by atoms with Crippen molar-refractivity contribution in [3.8, 4) is 10.6 Å². The number of methoxy groups -OCH3 is 1. The van der Waals surface area contributed by atoms with Gasteiger partial charge in [-0.15, -0.1) is 11.3 Å². The van der Waals surface area contributed by atoms with Crippen LogP contribution in [0, 0.1) is 0 Å². The molecule has 0 N–H and O–H groups in total. The smallest absolute Gasteiger partial charge is 0.337 e. The molecule has 0 fully saturated rings. The van der Waals surface area contributed by atoms with Crippen LogP contribution in [-0.4, -0.2) is 23.8 Å². The summed E-state index contributed by atoms with van der Waals surface area (Å²) in [5.74, 6) is -0.338. The van der Waals surface area contributed by atoms with Gasteiger partial charge in [-0.2, -0.15) is 0 Å². The van der Waals surface area contributed by atoms with E-state index in [1.165, 1.54) is 7.11 Å². The number of carbonyl (C=O) groups is 2. The van der Waals surface area contributed by atoms with Gasteiger partial charge in [-0.1, -0.05) is 0 Å². The lowest BCUT2D eigenvalue weighted by Crippen LogP contribution is -2.02. The SMILES string of the molecule is COC(=O)c1ccc(N=c2ccc3nc4ccc(C(C)=O)cc4sc-3c2)cc1. The van der Waals surface area contributed by atoms with Gasteiger partial charge in [-0.25, -0.2) is 14.8 Å². The molecule has 0 unspecified atom stereocenters. The second-order valence-electron chi connectivity index (χ2n) is 6.25. The second-order valence-corrected chi connectivity index (χ2v) is 7.34. The highest BCUT2D eigenvalue weighted by molar-refractivity contribution is 7.21. The maximum atomic E-state index is 11.6. The molecule has 2 aromatic carbocycles. The minimum Gasteiger partial charge on any atom is -0.465 e. The standard InChI is InChI=1S/C22H16N2O3S/c1-13(25)15-5-9-18-20(11-15)28-21-12-17(8-10-19(21)24-18)23-16-6-3-14(4-7-16)22(26)27-2/h3-12H,1-2H3. The van der Waals surface area contributed by atoms with Crippen molar-refractivity contribution in [2.45, 2.75) is 6.92 Å². The number of benzene rings is 3. The molecule has 1 heterocycles. The molecule has 0 bridgehead atoms. The summed E-state index contributed by atoms with van der Waals surface area (Å²) >= 11 is 1.58. The van der Waals surface area contributed by atoms with E-state index in [2.05, 4.69) is 9.98 Å². The third-order valence-corrected chi connectivity index (χ3v) is 5.41. The van der Waals surface area contributed by atoms with Gasteiger partial charge in [-0.3, -0.25) is 4.79 Å². The van der Waals surface area contributed by atoms with Crippen LogP contribution in [-0.2, 0) is 4.74 Å². The molecule has 0 radical (unpaired) electrons. The van der Waals surface area contributed by atoms with Gasteiger partial charge in [0.2, 0.25) is 0 Å². The van der Waals surface area contributed by atoms with E-state index in [-0.39, 0.29) is 11.8 Å². The van der Waals surface area contributed by atoms with Crippen LogP contribution in [0.25, 0.3) is 20.8 Å². The first-order valence-corrected chi connectivity index (χ1v) is 9.44. The summed E-state index contributed by atoms with van der Waals surface area (Å²) < 4.78 is 5.66. The van der Waals surface area contributed by atoms with Gasteiger partial charge in [0.15, 0.2) is 5.78 Å². The number of fused-ring (bicyclic) bond motifs is 2. The minimum absolute atomic E-state index is 0.0355. The van der Waals surface area contributed by atoms with Crippen molar-refractivity contribution < 1.29 is 14.3 Å². The summed E-state index contributed by atoms with van der Waals surface area (Å²) in [6.07, 6.45) is 0. The van der Waals surface area contributed by atoms with E-state index in [0.29, 0.717) is 11.1 Å². The summed E-state index contributed by atoms with van der Waals surface area (Å²) in [4.78, 5) is 33.4. The molecule has 28 heavy (non-hydrogen) atoms. The Kier molecular flexibility index (Phi) is 4.71. The third-order valence-electron chi connectivity index (χ3n) is 4.32. The van der Waals surface area contributed by atoms with Crippen LogP contribution in [0.15, 0.2) is 65.7 Å². The number of rotatable bonds is 3. The van der Waals surface area contributed by atoms with Gasteiger partial charge in [0, 0.05) is 5.56 Å². The number of nitrogens with zero attached hydrogens (tertiary/aromatic N) is 2. The molecular weight excluding hydrogens is 372 g/mol. The van der Waals surface area contributed by atoms with Crippen LogP contribution < -0.4 is 5.36 Å². The van der Waals surface area contributed by atoms with Crippen molar-refractivity contribution >= 4 is 39.0 Å². The highest BCUT2D eigenvalue weighted by atomic mass is 32.1. The first-order chi connectivity index (χ1) is 13.5. The lowest BCUT2D eigenvalue weighted by atomic mass is 10.1. The molecule has 6 heteroatoms. The van der Waals surface area contributed by atoms with Gasteiger partial charge in [0.1, 0.15) is 0 Å². The number of esters is 1. The van der Waals surface area contributed by atoms with Crippen molar-refractivity contribution in [1.82, 2.24) is 4.98 Å². The van der Waals surface area contributed by atoms with Gasteiger partial charge < -0.3 is 4.74 Å². The van der Waals surface area contributed by atoms with Gasteiger partial charge in [-0.05, 0) is 67.6 Å². The minimum atomic E-state index is -0.373. The maximum Gasteiger partial charge on any atom is 0.337 e. The second kappa shape index (κ2) is 7.32. The molecule has 0 spiro atoms. The lowest BCUT2D eigenvalue weighted by Gasteiger charge is -2.07. The summed E-state index contributed by atoms with van der Waals surface area (Å²) in [6, 6.07) is 18.3. The molecular formula is C22H16N2O3S. The van der Waals surface area contributed by atoms with Crippen LogP contribution in [0.1, 0.15) is 27.6 Å². The van der Waals surface area contributed by atoms with Crippen molar-refractivity contribution in [1.29, 1.82) is 0 Å². The molecule has 1 aliphatic heterocycles. The van der Waals surface area contributed by atoms with E-state index in [9.17, 15) is 9.59 Å². The van der Waals surface area contributed by atoms with Gasteiger partial charge in [0.05, 0.1) is 44.5 Å². The Morgan fingerprint density at radius 3 is 2.43 bits per heavy atom. The van der Waals surface area contributed by atoms with Crippen LogP contribution in [0.2, 0.25) is 0 Å². The zero-order valence-corrected chi connectivity index (χ0v) is 16.1. The zero-order chi connectivity index (χ0) is 19.7. The number of hydrogen-bond donors (Lipinski definition) is 0. The molecule has 1 aliphatic carbocycles. The average Bonchev–Trinajstić information content (AvgIpc) is 2.71. The van der Waals surface area contributed by atoms with Crippen LogP contribution in [0.5, 0.6) is 0 Å². The van der Waals surface area contributed by atoms with Crippen molar-refractivity contribution in [2.75, 3.05) is 7.11 Å². The summed E-state index contributed by atoms with van der Waals surface area (Å²) in [5, 5.41) is 0.790. The molecule has 2 aliphatic rings. The van der Waals surface area contributed by atoms with Crippen LogP contribution in [0.3, 0.4) is 0 Å². The van der Waals surface area contributed by atoms with E-state index in [0.717, 1.165) is 31.8 Å². The summed E-state index contributed by atoms with van der Waals surface area (Å²) in [5.41, 5.74) is 3.65. The molecule has 4 rings (SSSR count). The van der Waals surface area contributed by atoms with Crippen LogP contribution in [0.4, 0.5) is 5.69 Å². The van der Waals surface area contributed by atoms with Gasteiger partial charge in [0.25, 0.3) is 0 Å². The summed E-state index contributed by atoms with van der Waals surface area (Å²) in [7, 11) is 1.36. The fourth-order valence-corrected chi connectivity index (χ4v) is 3.88. The number of Topliss-reactive ketones (excluding diaryl/α,β-unsaturated/α-hetero) is 1. The number of ketones is 1. The molecule has 0 saturated carbocycles. The monoisotopic (exact) mass is 388 g/mol.